The summed E-state index contributed by atoms with van der Waals surface area (Å²) in [6.45, 7) is 1.49. The molecule has 8 nitrogen and oxygen atoms in total. The van der Waals surface area contributed by atoms with Crippen molar-refractivity contribution in [1.82, 2.24) is 10.9 Å². The Morgan fingerprint density at radius 3 is 2.07 bits per heavy atom. The van der Waals surface area contributed by atoms with Crippen molar-refractivity contribution in [2.45, 2.75) is 6.92 Å². The van der Waals surface area contributed by atoms with Gasteiger partial charge in [0.25, 0.3) is 0 Å². The van der Waals surface area contributed by atoms with Gasteiger partial charge >= 0.3 is 23.8 Å². The van der Waals surface area contributed by atoms with Crippen LogP contribution < -0.4 is 10.9 Å². The third kappa shape index (κ3) is 4.04. The normalized spacial score (nSPS) is 8.64. The van der Waals surface area contributed by atoms with Gasteiger partial charge in [-0.15, -0.1) is 0 Å². The molecule has 0 heterocycles. The Hall–Kier alpha value is -2.12. The molecule has 0 bridgehead atoms. The van der Waals surface area contributed by atoms with Crippen molar-refractivity contribution in [3.05, 3.63) is 0 Å². The van der Waals surface area contributed by atoms with Crippen LogP contribution in [0.25, 0.3) is 0 Å². The molecule has 8 heteroatoms. The van der Waals surface area contributed by atoms with E-state index in [0.717, 1.165) is 0 Å². The number of rotatable bonds is 1. The van der Waals surface area contributed by atoms with Crippen molar-refractivity contribution in [2.24, 2.45) is 0 Å². The molecule has 3 N–H and O–H groups in total. The molecule has 0 aliphatic carbocycles. The zero-order chi connectivity index (χ0) is 11.1. The Morgan fingerprint density at radius 1 is 1.14 bits per heavy atom. The lowest BCUT2D eigenvalue weighted by atomic mass is 10.6. The molecular formula is C6H8N2O6. The Kier molecular flexibility index (Phi) is 4.68. The highest BCUT2D eigenvalue weighted by Gasteiger charge is 2.17. The molecule has 0 saturated carbocycles. The summed E-state index contributed by atoms with van der Waals surface area (Å²) in [6, 6.07) is 0. The first-order chi connectivity index (χ1) is 6.49. The van der Waals surface area contributed by atoms with Gasteiger partial charge in [0.2, 0.25) is 0 Å². The van der Waals surface area contributed by atoms with Crippen molar-refractivity contribution in [2.75, 3.05) is 6.61 Å². The third-order valence-electron chi connectivity index (χ3n) is 0.945. The summed E-state index contributed by atoms with van der Waals surface area (Å²) in [5.74, 6) is -5.70. The summed E-state index contributed by atoms with van der Waals surface area (Å²) in [4.78, 5) is 41.5. The largest absolute Gasteiger partial charge is 0.474 e. The molecule has 0 spiro atoms. The number of hydrogen-bond acceptors (Lipinski definition) is 5. The van der Waals surface area contributed by atoms with E-state index in [4.69, 9.17) is 5.11 Å². The Labute approximate surface area is 78.2 Å². The highest BCUT2D eigenvalue weighted by atomic mass is 16.5. The number of hydrazine groups is 1. The molecule has 0 aromatic heterocycles. The summed E-state index contributed by atoms with van der Waals surface area (Å²) in [5.41, 5.74) is 3.04. The van der Waals surface area contributed by atoms with E-state index in [1.54, 1.807) is 5.43 Å². The van der Waals surface area contributed by atoms with Crippen molar-refractivity contribution in [3.8, 4) is 0 Å². The minimum absolute atomic E-state index is 0.000863. The zero-order valence-corrected chi connectivity index (χ0v) is 7.20. The predicted molar refractivity (Wildman–Crippen MR) is 40.6 cm³/mol. The number of amides is 2. The highest BCUT2D eigenvalue weighted by Crippen LogP contribution is 1.76. The molecule has 0 atom stereocenters. The van der Waals surface area contributed by atoms with Gasteiger partial charge in [-0.3, -0.25) is 20.4 Å². The predicted octanol–water partition coefficient (Wildman–Crippen LogP) is -2.22. The van der Waals surface area contributed by atoms with Gasteiger partial charge in [0, 0.05) is 0 Å². The Bertz CT molecular complexity index is 273. The third-order valence-corrected chi connectivity index (χ3v) is 0.945. The van der Waals surface area contributed by atoms with E-state index < -0.39 is 23.8 Å². The Balaban J connectivity index is 3.91. The van der Waals surface area contributed by atoms with Gasteiger partial charge in [-0.1, -0.05) is 0 Å². The lowest BCUT2D eigenvalue weighted by molar-refractivity contribution is -0.156. The van der Waals surface area contributed by atoms with Gasteiger partial charge < -0.3 is 9.84 Å². The van der Waals surface area contributed by atoms with E-state index in [-0.39, 0.29) is 6.61 Å². The lowest BCUT2D eigenvalue weighted by Crippen LogP contribution is -2.47. The van der Waals surface area contributed by atoms with Crippen LogP contribution in [0, 0.1) is 0 Å². The van der Waals surface area contributed by atoms with Crippen LogP contribution >= 0.6 is 0 Å². The van der Waals surface area contributed by atoms with Crippen molar-refractivity contribution in [3.63, 3.8) is 0 Å². The fraction of sp³-hybridized carbons (Fsp3) is 0.333. The fourth-order valence-electron chi connectivity index (χ4n) is 0.415. The second kappa shape index (κ2) is 5.51. The molecule has 0 aliphatic heterocycles. The lowest BCUT2D eigenvalue weighted by Gasteiger charge is -2.03. The first kappa shape index (κ1) is 11.9. The van der Waals surface area contributed by atoms with E-state index in [0.29, 0.717) is 0 Å². The summed E-state index contributed by atoms with van der Waals surface area (Å²) >= 11 is 0. The van der Waals surface area contributed by atoms with Gasteiger partial charge in [-0.05, 0) is 6.92 Å². The number of hydrogen-bond donors (Lipinski definition) is 3. The topological polar surface area (TPSA) is 122 Å². The molecule has 0 fully saturated rings. The molecule has 14 heavy (non-hydrogen) atoms. The van der Waals surface area contributed by atoms with Gasteiger partial charge in [-0.25, -0.2) is 9.59 Å². The average Bonchev–Trinajstić information content (AvgIpc) is 2.13. The second-order valence-corrected chi connectivity index (χ2v) is 1.93. The van der Waals surface area contributed by atoms with Gasteiger partial charge in [0.05, 0.1) is 6.61 Å². The van der Waals surface area contributed by atoms with E-state index in [9.17, 15) is 19.2 Å². The number of aliphatic carboxylic acids is 1. The maximum atomic E-state index is 10.7. The number of ether oxygens (including phenoxy) is 1. The summed E-state index contributed by atoms with van der Waals surface area (Å²) in [7, 11) is 0. The van der Waals surface area contributed by atoms with E-state index in [2.05, 4.69) is 4.74 Å². The SMILES string of the molecule is CCOC(=O)C(=O)NNC(=O)C(=O)O. The number of carboxylic acid groups (broad SMARTS) is 1. The highest BCUT2D eigenvalue weighted by molar-refractivity contribution is 6.35. The molecule has 0 aromatic rings. The van der Waals surface area contributed by atoms with Crippen molar-refractivity contribution >= 4 is 23.8 Å². The van der Waals surface area contributed by atoms with Crippen LogP contribution in [0.3, 0.4) is 0 Å². The molecule has 0 aromatic carbocycles. The molecule has 78 valence electrons. The number of carboxylic acids is 1. The maximum Gasteiger partial charge on any atom is 0.398 e. The quantitative estimate of drug-likeness (QED) is 0.252. The van der Waals surface area contributed by atoms with Crippen LogP contribution in [0.1, 0.15) is 6.92 Å². The summed E-state index contributed by atoms with van der Waals surface area (Å²) in [6.07, 6.45) is 0. The van der Waals surface area contributed by atoms with Crippen LogP contribution in [-0.2, 0) is 23.9 Å². The smallest absolute Gasteiger partial charge is 0.398 e. The molecule has 0 saturated heterocycles. The van der Waals surface area contributed by atoms with Crippen LogP contribution in [0.15, 0.2) is 0 Å². The van der Waals surface area contributed by atoms with Gasteiger partial charge in [0.15, 0.2) is 0 Å². The molecular weight excluding hydrogens is 196 g/mol. The minimum atomic E-state index is -1.78. The molecule has 0 unspecified atom stereocenters. The van der Waals surface area contributed by atoms with Crippen LogP contribution in [-0.4, -0.2) is 35.5 Å². The van der Waals surface area contributed by atoms with Crippen molar-refractivity contribution in [1.29, 1.82) is 0 Å². The van der Waals surface area contributed by atoms with E-state index >= 15 is 0 Å². The molecule has 2 amide bonds. The molecule has 0 radical (unpaired) electrons. The van der Waals surface area contributed by atoms with Crippen LogP contribution in [0.4, 0.5) is 0 Å². The fourth-order valence-corrected chi connectivity index (χ4v) is 0.415. The zero-order valence-electron chi connectivity index (χ0n) is 7.20. The molecule has 0 aliphatic rings. The number of carbonyl (C=O) groups excluding carboxylic acids is 3. The molecule has 0 rings (SSSR count). The summed E-state index contributed by atoms with van der Waals surface area (Å²) in [5, 5.41) is 8.06. The average molecular weight is 204 g/mol. The minimum Gasteiger partial charge on any atom is -0.474 e. The van der Waals surface area contributed by atoms with Crippen LogP contribution in [0.5, 0.6) is 0 Å². The standard InChI is InChI=1S/C6H8N2O6/c1-2-14-6(13)4(10)8-7-3(9)5(11)12/h2H2,1H3,(H,7,9)(H,8,10)(H,11,12). The number of esters is 1. The van der Waals surface area contributed by atoms with Gasteiger partial charge in [0.1, 0.15) is 0 Å². The first-order valence-electron chi connectivity index (χ1n) is 3.49. The summed E-state index contributed by atoms with van der Waals surface area (Å²) < 4.78 is 4.25. The monoisotopic (exact) mass is 204 g/mol. The number of carbonyl (C=O) groups is 4. The van der Waals surface area contributed by atoms with E-state index in [1.807, 2.05) is 0 Å². The van der Waals surface area contributed by atoms with Crippen LogP contribution in [0.2, 0.25) is 0 Å². The Morgan fingerprint density at radius 2 is 1.64 bits per heavy atom. The first-order valence-corrected chi connectivity index (χ1v) is 3.49. The van der Waals surface area contributed by atoms with Crippen molar-refractivity contribution < 1.29 is 29.0 Å². The number of nitrogens with one attached hydrogen (secondary N) is 2. The van der Waals surface area contributed by atoms with E-state index in [1.165, 1.54) is 12.3 Å². The maximum absolute atomic E-state index is 10.7. The second-order valence-electron chi connectivity index (χ2n) is 1.93. The van der Waals surface area contributed by atoms with Gasteiger partial charge in [-0.2, -0.15) is 0 Å².